The van der Waals surface area contributed by atoms with Gasteiger partial charge in [0.05, 0.1) is 0 Å². The highest BCUT2D eigenvalue weighted by atomic mass is 16.4. The second-order valence-electron chi connectivity index (χ2n) is 5.32. The monoisotopic (exact) mass is 247 g/mol. The topological polar surface area (TPSA) is 50.2 Å². The summed E-state index contributed by atoms with van der Waals surface area (Å²) >= 11 is 0. The number of pyridine rings is 1. The van der Waals surface area contributed by atoms with Crippen LogP contribution in [0.3, 0.4) is 0 Å². The zero-order valence-electron chi connectivity index (χ0n) is 10.7. The van der Waals surface area contributed by atoms with Crippen molar-refractivity contribution in [1.29, 1.82) is 0 Å². The van der Waals surface area contributed by atoms with Crippen molar-refractivity contribution in [1.82, 2.24) is 4.98 Å². The van der Waals surface area contributed by atoms with Gasteiger partial charge in [-0.3, -0.25) is 9.78 Å². The van der Waals surface area contributed by atoms with Gasteiger partial charge in [-0.25, -0.2) is 0 Å². The van der Waals surface area contributed by atoms with E-state index < -0.39 is 5.97 Å². The predicted molar refractivity (Wildman–Crippen MR) is 70.3 cm³/mol. The Morgan fingerprint density at radius 2 is 1.94 bits per heavy atom. The fourth-order valence-electron chi connectivity index (χ4n) is 3.06. The van der Waals surface area contributed by atoms with Crippen LogP contribution in [0.15, 0.2) is 24.5 Å². The van der Waals surface area contributed by atoms with Gasteiger partial charge < -0.3 is 5.11 Å². The molecule has 1 saturated carbocycles. The third-order valence-electron chi connectivity index (χ3n) is 4.00. The van der Waals surface area contributed by atoms with Crippen LogP contribution in [-0.4, -0.2) is 16.1 Å². The van der Waals surface area contributed by atoms with Gasteiger partial charge in [-0.05, 0) is 36.0 Å². The first kappa shape index (κ1) is 13.1. The van der Waals surface area contributed by atoms with Crippen molar-refractivity contribution >= 4 is 5.97 Å². The van der Waals surface area contributed by atoms with Gasteiger partial charge in [-0.1, -0.05) is 32.1 Å². The number of carboxylic acid groups (broad SMARTS) is 1. The molecule has 1 unspecified atom stereocenters. The van der Waals surface area contributed by atoms with E-state index in [0.29, 0.717) is 12.3 Å². The Morgan fingerprint density at radius 3 is 2.56 bits per heavy atom. The van der Waals surface area contributed by atoms with E-state index >= 15 is 0 Å². The molecule has 0 bridgehead atoms. The third-order valence-corrected chi connectivity index (χ3v) is 4.00. The Kier molecular flexibility index (Phi) is 4.73. The molecule has 3 heteroatoms. The molecule has 0 aliphatic heterocycles. The summed E-state index contributed by atoms with van der Waals surface area (Å²) < 4.78 is 0. The van der Waals surface area contributed by atoms with E-state index in [1.807, 2.05) is 12.1 Å². The predicted octanol–water partition coefficient (Wildman–Crippen LogP) is 3.30. The van der Waals surface area contributed by atoms with E-state index in [0.717, 1.165) is 6.42 Å². The van der Waals surface area contributed by atoms with Gasteiger partial charge in [0, 0.05) is 18.8 Å². The summed E-state index contributed by atoms with van der Waals surface area (Å²) in [4.78, 5) is 15.0. The van der Waals surface area contributed by atoms with Crippen LogP contribution in [0, 0.1) is 11.8 Å². The molecule has 2 rings (SSSR count). The van der Waals surface area contributed by atoms with Gasteiger partial charge in [-0.15, -0.1) is 0 Å². The minimum atomic E-state index is -0.667. The van der Waals surface area contributed by atoms with Crippen molar-refractivity contribution in [3.05, 3.63) is 30.1 Å². The number of hydrogen-bond donors (Lipinski definition) is 1. The molecule has 18 heavy (non-hydrogen) atoms. The van der Waals surface area contributed by atoms with Crippen molar-refractivity contribution in [3.8, 4) is 0 Å². The van der Waals surface area contributed by atoms with E-state index in [4.69, 9.17) is 5.11 Å². The number of aliphatic carboxylic acids is 1. The first-order valence-corrected chi connectivity index (χ1v) is 6.86. The zero-order chi connectivity index (χ0) is 12.8. The zero-order valence-corrected chi connectivity index (χ0v) is 10.7. The summed E-state index contributed by atoms with van der Waals surface area (Å²) in [5.41, 5.74) is 1.21. The molecule has 1 aliphatic carbocycles. The fourth-order valence-corrected chi connectivity index (χ4v) is 3.06. The number of rotatable bonds is 5. The van der Waals surface area contributed by atoms with Gasteiger partial charge in [0.2, 0.25) is 0 Å². The van der Waals surface area contributed by atoms with E-state index in [9.17, 15) is 4.79 Å². The second-order valence-corrected chi connectivity index (χ2v) is 5.32. The highest BCUT2D eigenvalue weighted by Crippen LogP contribution is 2.33. The normalized spacial score (nSPS) is 18.4. The first-order chi connectivity index (χ1) is 8.75. The molecule has 0 spiro atoms. The van der Waals surface area contributed by atoms with Crippen molar-refractivity contribution in [3.63, 3.8) is 0 Å². The second kappa shape index (κ2) is 6.53. The lowest BCUT2D eigenvalue weighted by molar-refractivity contribution is -0.138. The highest BCUT2D eigenvalue weighted by Gasteiger charge is 2.25. The van der Waals surface area contributed by atoms with E-state index in [1.54, 1.807) is 12.4 Å². The molecule has 1 atom stereocenters. The van der Waals surface area contributed by atoms with Crippen LogP contribution >= 0.6 is 0 Å². The summed E-state index contributed by atoms with van der Waals surface area (Å²) in [7, 11) is 0. The molecule has 3 nitrogen and oxygen atoms in total. The SMILES string of the molecule is O=C(O)CC(Cc1ccncc1)C1CCCCC1. The fraction of sp³-hybridized carbons (Fsp3) is 0.600. The van der Waals surface area contributed by atoms with Crippen molar-refractivity contribution in [2.24, 2.45) is 11.8 Å². The van der Waals surface area contributed by atoms with Gasteiger partial charge in [0.25, 0.3) is 0 Å². The molecule has 98 valence electrons. The quantitative estimate of drug-likeness (QED) is 0.868. The Balaban J connectivity index is 2.02. The number of carboxylic acids is 1. The van der Waals surface area contributed by atoms with Gasteiger partial charge in [0.15, 0.2) is 0 Å². The molecule has 1 heterocycles. The number of nitrogens with zero attached hydrogens (tertiary/aromatic N) is 1. The van der Waals surface area contributed by atoms with E-state index in [1.165, 1.54) is 37.7 Å². The molecule has 1 fully saturated rings. The van der Waals surface area contributed by atoms with Crippen LogP contribution in [0.2, 0.25) is 0 Å². The summed E-state index contributed by atoms with van der Waals surface area (Å²) in [6.45, 7) is 0. The molecule has 0 amide bonds. The van der Waals surface area contributed by atoms with Crippen molar-refractivity contribution in [2.75, 3.05) is 0 Å². The lowest BCUT2D eigenvalue weighted by atomic mass is 9.76. The molecule has 0 saturated heterocycles. The van der Waals surface area contributed by atoms with E-state index in [-0.39, 0.29) is 5.92 Å². The van der Waals surface area contributed by atoms with Crippen molar-refractivity contribution < 1.29 is 9.90 Å². The van der Waals surface area contributed by atoms with Gasteiger partial charge >= 0.3 is 5.97 Å². The van der Waals surface area contributed by atoms with Crippen LogP contribution < -0.4 is 0 Å². The van der Waals surface area contributed by atoms with E-state index in [2.05, 4.69) is 4.98 Å². The van der Waals surface area contributed by atoms with Gasteiger partial charge in [0.1, 0.15) is 0 Å². The summed E-state index contributed by atoms with van der Waals surface area (Å²) in [6.07, 6.45) is 11.0. The largest absolute Gasteiger partial charge is 0.481 e. The maximum absolute atomic E-state index is 11.0. The van der Waals surface area contributed by atoms with Crippen LogP contribution in [-0.2, 0) is 11.2 Å². The summed E-state index contributed by atoms with van der Waals surface area (Å²) in [6, 6.07) is 4.00. The third kappa shape index (κ3) is 3.83. The first-order valence-electron chi connectivity index (χ1n) is 6.86. The summed E-state index contributed by atoms with van der Waals surface area (Å²) in [5.74, 6) is 0.202. The number of hydrogen-bond acceptors (Lipinski definition) is 2. The molecule has 0 aromatic carbocycles. The lowest BCUT2D eigenvalue weighted by Crippen LogP contribution is -2.23. The molecular weight excluding hydrogens is 226 g/mol. The molecule has 1 N–H and O–H groups in total. The molecule has 1 aliphatic rings. The Labute approximate surface area is 108 Å². The molecule has 1 aromatic rings. The van der Waals surface area contributed by atoms with Crippen LogP contribution in [0.25, 0.3) is 0 Å². The highest BCUT2D eigenvalue weighted by molar-refractivity contribution is 5.67. The lowest BCUT2D eigenvalue weighted by Gasteiger charge is -2.29. The Bertz CT molecular complexity index is 371. The minimum absolute atomic E-state index is 0.283. The minimum Gasteiger partial charge on any atom is -0.481 e. The van der Waals surface area contributed by atoms with Crippen LogP contribution in [0.1, 0.15) is 44.1 Å². The number of aromatic nitrogens is 1. The summed E-state index contributed by atoms with van der Waals surface area (Å²) in [5, 5.41) is 9.08. The molecule has 0 radical (unpaired) electrons. The number of carbonyl (C=O) groups is 1. The molecule has 1 aromatic heterocycles. The average Bonchev–Trinajstić information content (AvgIpc) is 2.40. The Hall–Kier alpha value is -1.38. The van der Waals surface area contributed by atoms with Gasteiger partial charge in [-0.2, -0.15) is 0 Å². The molecular formula is C15H21NO2. The van der Waals surface area contributed by atoms with Crippen molar-refractivity contribution in [2.45, 2.75) is 44.9 Å². The standard InChI is InChI=1S/C15H21NO2/c17-15(18)11-14(13-4-2-1-3-5-13)10-12-6-8-16-9-7-12/h6-9,13-14H,1-5,10-11H2,(H,17,18). The Morgan fingerprint density at radius 1 is 1.28 bits per heavy atom. The van der Waals surface area contributed by atoms with Crippen LogP contribution in [0.4, 0.5) is 0 Å². The maximum Gasteiger partial charge on any atom is 0.303 e. The smallest absolute Gasteiger partial charge is 0.303 e. The average molecular weight is 247 g/mol. The maximum atomic E-state index is 11.0. The van der Waals surface area contributed by atoms with Crippen LogP contribution in [0.5, 0.6) is 0 Å².